The number of H-pyrrole nitrogens is 2. The summed E-state index contributed by atoms with van der Waals surface area (Å²) in [5, 5.41) is 37.5. The van der Waals surface area contributed by atoms with Gasteiger partial charge in [0.15, 0.2) is 11.5 Å². The van der Waals surface area contributed by atoms with E-state index in [0.29, 0.717) is 21.9 Å². The second-order valence-corrected chi connectivity index (χ2v) is 6.08. The van der Waals surface area contributed by atoms with Gasteiger partial charge >= 0.3 is 0 Å². The molecule has 0 aliphatic rings. The van der Waals surface area contributed by atoms with Crippen LogP contribution in [0.2, 0.25) is 0 Å². The fraction of sp³-hybridized carbons (Fsp3) is 0. The molecule has 27 heavy (non-hydrogen) atoms. The van der Waals surface area contributed by atoms with Gasteiger partial charge in [-0.2, -0.15) is 20.0 Å². The monoisotopic (exact) mass is 378 g/mol. The first-order chi connectivity index (χ1) is 13.1. The van der Waals surface area contributed by atoms with Crippen LogP contribution in [0.15, 0.2) is 59.7 Å². The zero-order valence-electron chi connectivity index (χ0n) is 13.9. The molecular formula is C18H14N6O2S. The highest BCUT2D eigenvalue weighted by atomic mass is 32.1. The summed E-state index contributed by atoms with van der Waals surface area (Å²) >= 11 is 5.24. The van der Waals surface area contributed by atoms with Gasteiger partial charge in [0.1, 0.15) is 5.69 Å². The Labute approximate surface area is 158 Å². The summed E-state index contributed by atoms with van der Waals surface area (Å²) in [6.07, 6.45) is 1.50. The summed E-state index contributed by atoms with van der Waals surface area (Å²) in [5.41, 5.74) is 2.99. The minimum Gasteiger partial charge on any atom is -0.504 e. The van der Waals surface area contributed by atoms with Gasteiger partial charge in [0, 0.05) is 5.56 Å². The van der Waals surface area contributed by atoms with Crippen molar-refractivity contribution >= 4 is 18.4 Å². The summed E-state index contributed by atoms with van der Waals surface area (Å²) in [6.45, 7) is 0. The number of nitrogens with zero attached hydrogens (tertiary/aromatic N) is 4. The Morgan fingerprint density at radius 3 is 2.56 bits per heavy atom. The third-order valence-electron chi connectivity index (χ3n) is 3.86. The van der Waals surface area contributed by atoms with Crippen molar-refractivity contribution in [1.82, 2.24) is 25.1 Å². The van der Waals surface area contributed by atoms with Crippen LogP contribution in [0.3, 0.4) is 0 Å². The number of phenols is 2. The van der Waals surface area contributed by atoms with Gasteiger partial charge in [0.05, 0.1) is 11.9 Å². The van der Waals surface area contributed by atoms with Crippen LogP contribution in [-0.4, -0.2) is 41.5 Å². The molecule has 0 radical (unpaired) electrons. The normalized spacial score (nSPS) is 11.3. The lowest BCUT2D eigenvalue weighted by atomic mass is 10.1. The van der Waals surface area contributed by atoms with Gasteiger partial charge in [-0.3, -0.25) is 5.10 Å². The van der Waals surface area contributed by atoms with Crippen molar-refractivity contribution in [2.24, 2.45) is 5.10 Å². The molecule has 4 aromatic rings. The molecule has 0 fully saturated rings. The van der Waals surface area contributed by atoms with E-state index in [-0.39, 0.29) is 11.5 Å². The average molecular weight is 378 g/mol. The predicted octanol–water partition coefficient (Wildman–Crippen LogP) is 3.29. The largest absolute Gasteiger partial charge is 0.504 e. The van der Waals surface area contributed by atoms with Crippen molar-refractivity contribution in [1.29, 1.82) is 0 Å². The first-order valence-electron chi connectivity index (χ1n) is 7.97. The number of aromatic amines is 2. The number of rotatable bonds is 4. The Morgan fingerprint density at radius 1 is 0.963 bits per heavy atom. The van der Waals surface area contributed by atoms with Crippen molar-refractivity contribution < 1.29 is 10.2 Å². The second kappa shape index (κ2) is 6.89. The molecule has 134 valence electrons. The van der Waals surface area contributed by atoms with Crippen molar-refractivity contribution in [2.45, 2.75) is 0 Å². The number of aromatic hydroxyl groups is 2. The van der Waals surface area contributed by atoms with Gasteiger partial charge < -0.3 is 10.2 Å². The number of nitrogens with one attached hydrogen (secondary N) is 2. The smallest absolute Gasteiger partial charge is 0.216 e. The van der Waals surface area contributed by atoms with E-state index in [2.05, 4.69) is 25.5 Å². The van der Waals surface area contributed by atoms with Gasteiger partial charge in [-0.15, -0.1) is 0 Å². The van der Waals surface area contributed by atoms with Crippen LogP contribution in [0.5, 0.6) is 11.5 Å². The fourth-order valence-corrected chi connectivity index (χ4v) is 2.69. The minimum atomic E-state index is -0.226. The topological polar surface area (TPSA) is 115 Å². The van der Waals surface area contributed by atoms with E-state index in [1.54, 1.807) is 6.07 Å². The quantitative estimate of drug-likeness (QED) is 0.247. The molecule has 0 unspecified atom stereocenters. The molecular weight excluding hydrogens is 364 g/mol. The standard InChI is InChI=1S/C18H14N6O2S/c25-15-7-6-11(8-16(15)26)10-19-24-17(22-23-18(24)27)14-9-13(20-21-14)12-4-2-1-3-5-12/h1-10,25-26H,(H,20,21)(H,23,27)/b19-10+. The molecule has 4 N–H and O–H groups in total. The van der Waals surface area contributed by atoms with Crippen LogP contribution in [0.25, 0.3) is 22.8 Å². The maximum atomic E-state index is 9.58. The zero-order valence-corrected chi connectivity index (χ0v) is 14.7. The van der Waals surface area contributed by atoms with E-state index in [4.69, 9.17) is 12.2 Å². The van der Waals surface area contributed by atoms with E-state index in [1.165, 1.54) is 23.0 Å². The van der Waals surface area contributed by atoms with Crippen LogP contribution in [-0.2, 0) is 0 Å². The lowest BCUT2D eigenvalue weighted by Crippen LogP contribution is -1.95. The van der Waals surface area contributed by atoms with Gasteiger partial charge in [0.2, 0.25) is 10.6 Å². The SMILES string of the molecule is Oc1ccc(/C=N/n2c(-c3cc(-c4ccccc4)n[nH]3)n[nH]c2=S)cc1O. The number of hydrogen-bond donors (Lipinski definition) is 4. The van der Waals surface area contributed by atoms with E-state index < -0.39 is 0 Å². The van der Waals surface area contributed by atoms with Crippen LogP contribution < -0.4 is 0 Å². The Balaban J connectivity index is 1.68. The number of benzene rings is 2. The highest BCUT2D eigenvalue weighted by Crippen LogP contribution is 2.25. The molecule has 0 spiro atoms. The van der Waals surface area contributed by atoms with Crippen LogP contribution in [0.1, 0.15) is 5.56 Å². The molecule has 0 saturated heterocycles. The van der Waals surface area contributed by atoms with E-state index >= 15 is 0 Å². The van der Waals surface area contributed by atoms with E-state index in [0.717, 1.165) is 11.3 Å². The maximum Gasteiger partial charge on any atom is 0.216 e. The summed E-state index contributed by atoms with van der Waals surface area (Å²) in [5.74, 6) is 0.0450. The molecule has 2 aromatic heterocycles. The second-order valence-electron chi connectivity index (χ2n) is 5.69. The highest BCUT2D eigenvalue weighted by molar-refractivity contribution is 7.71. The number of hydrogen-bond acceptors (Lipinski definition) is 6. The van der Waals surface area contributed by atoms with Gasteiger partial charge in [-0.05, 0) is 42.0 Å². The molecule has 2 aromatic carbocycles. The third kappa shape index (κ3) is 3.35. The highest BCUT2D eigenvalue weighted by Gasteiger charge is 2.12. The maximum absolute atomic E-state index is 9.58. The molecule has 9 heteroatoms. The Bertz CT molecular complexity index is 1180. The number of phenolic OH excluding ortho intramolecular Hbond substituents is 2. The van der Waals surface area contributed by atoms with Crippen molar-refractivity contribution in [3.63, 3.8) is 0 Å². The summed E-state index contributed by atoms with van der Waals surface area (Å²) in [7, 11) is 0. The van der Waals surface area contributed by atoms with E-state index in [1.807, 2.05) is 36.4 Å². The third-order valence-corrected chi connectivity index (χ3v) is 4.12. The molecule has 0 aliphatic carbocycles. The van der Waals surface area contributed by atoms with Crippen molar-refractivity contribution in [3.8, 4) is 34.3 Å². The lowest BCUT2D eigenvalue weighted by Gasteiger charge is -2.00. The molecule has 2 heterocycles. The van der Waals surface area contributed by atoms with Gasteiger partial charge in [0.25, 0.3) is 0 Å². The summed E-state index contributed by atoms with van der Waals surface area (Å²) in [6, 6.07) is 16.0. The van der Waals surface area contributed by atoms with Crippen LogP contribution in [0, 0.1) is 4.77 Å². The van der Waals surface area contributed by atoms with Crippen molar-refractivity contribution in [3.05, 3.63) is 64.9 Å². The van der Waals surface area contributed by atoms with Gasteiger partial charge in [-0.25, -0.2) is 5.10 Å². The Kier molecular flexibility index (Phi) is 4.27. The molecule has 0 atom stereocenters. The van der Waals surface area contributed by atoms with Crippen LogP contribution in [0.4, 0.5) is 0 Å². The first kappa shape index (κ1) is 16.7. The molecule has 0 bridgehead atoms. The Hall–Kier alpha value is -3.72. The van der Waals surface area contributed by atoms with Crippen molar-refractivity contribution in [2.75, 3.05) is 0 Å². The predicted molar refractivity (Wildman–Crippen MR) is 103 cm³/mol. The van der Waals surface area contributed by atoms with Gasteiger partial charge in [-0.1, -0.05) is 30.3 Å². The molecule has 8 nitrogen and oxygen atoms in total. The molecule has 0 amide bonds. The lowest BCUT2D eigenvalue weighted by molar-refractivity contribution is 0.403. The molecule has 0 aliphatic heterocycles. The molecule has 4 rings (SSSR count). The minimum absolute atomic E-state index is 0.196. The van der Waals surface area contributed by atoms with E-state index in [9.17, 15) is 10.2 Å². The fourth-order valence-electron chi connectivity index (χ4n) is 2.51. The average Bonchev–Trinajstić information content (AvgIpc) is 3.30. The summed E-state index contributed by atoms with van der Waals surface area (Å²) < 4.78 is 1.75. The number of aromatic nitrogens is 5. The Morgan fingerprint density at radius 2 is 1.78 bits per heavy atom. The summed E-state index contributed by atoms with van der Waals surface area (Å²) in [4.78, 5) is 0. The molecule has 0 saturated carbocycles. The zero-order chi connectivity index (χ0) is 18.8. The van der Waals surface area contributed by atoms with Crippen LogP contribution >= 0.6 is 12.2 Å². The first-order valence-corrected chi connectivity index (χ1v) is 8.37.